The zero-order valence-electron chi connectivity index (χ0n) is 14.0. The van der Waals surface area contributed by atoms with Crippen LogP contribution in [0.3, 0.4) is 0 Å². The fourth-order valence-electron chi connectivity index (χ4n) is 4.20. The standard InChI is InChI=1S/C17H25FN2O4/c1-11-2-4-13(5-3-11)20-9-12(8-14(20)21)15(22)19-7-6-17(18,10-19)16(23)24/h11-13H,2-10H2,1H3,(H,23,24). The number of carboxylic acids is 1. The van der Waals surface area contributed by atoms with Crippen LogP contribution in [-0.4, -0.2) is 64.0 Å². The predicted molar refractivity (Wildman–Crippen MR) is 83.9 cm³/mol. The summed E-state index contributed by atoms with van der Waals surface area (Å²) in [6.07, 6.45) is 4.13. The topological polar surface area (TPSA) is 77.9 Å². The SMILES string of the molecule is CC1CCC(N2CC(C(=O)N3CCC(F)(C(=O)O)C3)CC2=O)CC1. The molecule has 7 heteroatoms. The molecular weight excluding hydrogens is 315 g/mol. The third-order valence-electron chi connectivity index (χ3n) is 5.85. The van der Waals surface area contributed by atoms with E-state index in [1.54, 1.807) is 0 Å². The molecule has 1 N–H and O–H groups in total. The molecule has 3 rings (SSSR count). The second kappa shape index (κ2) is 6.33. The molecule has 24 heavy (non-hydrogen) atoms. The first kappa shape index (κ1) is 17.2. The van der Waals surface area contributed by atoms with Crippen molar-refractivity contribution in [1.82, 2.24) is 9.80 Å². The average Bonchev–Trinajstić information content (AvgIpc) is 3.12. The molecule has 2 heterocycles. The highest BCUT2D eigenvalue weighted by Gasteiger charge is 2.49. The van der Waals surface area contributed by atoms with E-state index >= 15 is 0 Å². The lowest BCUT2D eigenvalue weighted by Crippen LogP contribution is -2.42. The molecule has 2 saturated heterocycles. The first-order chi connectivity index (χ1) is 11.3. The number of carboxylic acid groups (broad SMARTS) is 1. The van der Waals surface area contributed by atoms with E-state index in [4.69, 9.17) is 5.11 Å². The van der Waals surface area contributed by atoms with Crippen molar-refractivity contribution in [3.8, 4) is 0 Å². The van der Waals surface area contributed by atoms with Gasteiger partial charge in [0.15, 0.2) is 0 Å². The van der Waals surface area contributed by atoms with E-state index in [1.165, 1.54) is 4.90 Å². The lowest BCUT2D eigenvalue weighted by molar-refractivity contribution is -0.150. The van der Waals surface area contributed by atoms with E-state index in [0.717, 1.165) is 25.7 Å². The Hall–Kier alpha value is -1.66. The van der Waals surface area contributed by atoms with E-state index in [-0.39, 0.29) is 37.2 Å². The molecule has 0 spiro atoms. The highest BCUT2D eigenvalue weighted by molar-refractivity contribution is 5.90. The van der Waals surface area contributed by atoms with Gasteiger partial charge in [-0.15, -0.1) is 0 Å². The molecule has 6 nitrogen and oxygen atoms in total. The minimum Gasteiger partial charge on any atom is -0.479 e. The molecule has 2 atom stereocenters. The molecule has 0 radical (unpaired) electrons. The predicted octanol–water partition coefficient (Wildman–Crippen LogP) is 1.44. The van der Waals surface area contributed by atoms with Crippen molar-refractivity contribution in [3.63, 3.8) is 0 Å². The van der Waals surface area contributed by atoms with Crippen LogP contribution in [0.1, 0.15) is 45.4 Å². The normalized spacial score (nSPS) is 37.1. The third kappa shape index (κ3) is 3.13. The summed E-state index contributed by atoms with van der Waals surface area (Å²) in [5.41, 5.74) is -2.35. The number of nitrogens with zero attached hydrogens (tertiary/aromatic N) is 2. The van der Waals surface area contributed by atoms with Crippen LogP contribution in [0.5, 0.6) is 0 Å². The number of carbonyl (C=O) groups is 3. The molecule has 2 amide bonds. The number of rotatable bonds is 3. The van der Waals surface area contributed by atoms with Crippen molar-refractivity contribution in [3.05, 3.63) is 0 Å². The minimum atomic E-state index is -2.35. The van der Waals surface area contributed by atoms with E-state index in [0.29, 0.717) is 12.5 Å². The number of likely N-dealkylation sites (tertiary alicyclic amines) is 2. The Morgan fingerprint density at radius 1 is 1.25 bits per heavy atom. The van der Waals surface area contributed by atoms with E-state index in [2.05, 4.69) is 6.92 Å². The van der Waals surface area contributed by atoms with Gasteiger partial charge >= 0.3 is 5.97 Å². The van der Waals surface area contributed by atoms with Gasteiger partial charge in [-0.2, -0.15) is 0 Å². The number of hydrogen-bond acceptors (Lipinski definition) is 3. The van der Waals surface area contributed by atoms with Crippen molar-refractivity contribution < 1.29 is 23.9 Å². The molecule has 0 aromatic rings. The Labute approximate surface area is 141 Å². The van der Waals surface area contributed by atoms with Crippen LogP contribution in [0.4, 0.5) is 4.39 Å². The molecule has 1 aliphatic carbocycles. The van der Waals surface area contributed by atoms with Gasteiger partial charge in [-0.3, -0.25) is 9.59 Å². The molecule has 2 unspecified atom stereocenters. The first-order valence-electron chi connectivity index (χ1n) is 8.81. The van der Waals surface area contributed by atoms with Crippen molar-refractivity contribution in [2.24, 2.45) is 11.8 Å². The van der Waals surface area contributed by atoms with Gasteiger partial charge in [0.1, 0.15) is 0 Å². The summed E-state index contributed by atoms with van der Waals surface area (Å²) in [6.45, 7) is 2.30. The smallest absolute Gasteiger partial charge is 0.343 e. The molecule has 0 bridgehead atoms. The van der Waals surface area contributed by atoms with Crippen LogP contribution in [0.2, 0.25) is 0 Å². The number of aliphatic carboxylic acids is 1. The lowest BCUT2D eigenvalue weighted by atomic mass is 9.86. The number of hydrogen-bond donors (Lipinski definition) is 1. The van der Waals surface area contributed by atoms with Crippen molar-refractivity contribution in [1.29, 1.82) is 0 Å². The summed E-state index contributed by atoms with van der Waals surface area (Å²) < 4.78 is 14.1. The number of halogens is 1. The zero-order chi connectivity index (χ0) is 17.5. The Bertz CT molecular complexity index is 547. The summed E-state index contributed by atoms with van der Waals surface area (Å²) >= 11 is 0. The Balaban J connectivity index is 1.59. The van der Waals surface area contributed by atoms with Gasteiger partial charge in [0.05, 0.1) is 12.5 Å². The van der Waals surface area contributed by atoms with Crippen LogP contribution < -0.4 is 0 Å². The quantitative estimate of drug-likeness (QED) is 0.843. The van der Waals surface area contributed by atoms with Gasteiger partial charge in [-0.05, 0) is 31.6 Å². The largest absolute Gasteiger partial charge is 0.479 e. The third-order valence-corrected chi connectivity index (χ3v) is 5.85. The zero-order valence-corrected chi connectivity index (χ0v) is 14.0. The maximum atomic E-state index is 14.1. The molecule has 0 aromatic carbocycles. The van der Waals surface area contributed by atoms with Gasteiger partial charge in [0.25, 0.3) is 0 Å². The molecule has 1 saturated carbocycles. The van der Waals surface area contributed by atoms with Crippen molar-refractivity contribution >= 4 is 17.8 Å². The minimum absolute atomic E-state index is 0.00292. The number of alkyl halides is 1. The molecule has 134 valence electrons. The fraction of sp³-hybridized carbons (Fsp3) is 0.824. The highest BCUT2D eigenvalue weighted by atomic mass is 19.1. The monoisotopic (exact) mass is 340 g/mol. The summed E-state index contributed by atoms with van der Waals surface area (Å²) in [5.74, 6) is -1.58. The highest BCUT2D eigenvalue weighted by Crippen LogP contribution is 2.33. The van der Waals surface area contributed by atoms with Gasteiger partial charge in [0.2, 0.25) is 17.5 Å². The van der Waals surface area contributed by atoms with Gasteiger partial charge < -0.3 is 14.9 Å². The van der Waals surface area contributed by atoms with Gasteiger partial charge in [-0.1, -0.05) is 6.92 Å². The summed E-state index contributed by atoms with van der Waals surface area (Å²) in [6, 6.07) is 0.212. The van der Waals surface area contributed by atoms with Crippen LogP contribution in [0.15, 0.2) is 0 Å². The second-order valence-corrected chi connectivity index (χ2v) is 7.64. The lowest BCUT2D eigenvalue weighted by Gasteiger charge is -2.33. The van der Waals surface area contributed by atoms with Gasteiger partial charge in [0, 0.05) is 32.0 Å². The maximum Gasteiger partial charge on any atom is 0.343 e. The Morgan fingerprint density at radius 3 is 2.50 bits per heavy atom. The first-order valence-corrected chi connectivity index (χ1v) is 8.81. The van der Waals surface area contributed by atoms with Gasteiger partial charge in [-0.25, -0.2) is 9.18 Å². The maximum absolute atomic E-state index is 14.1. The van der Waals surface area contributed by atoms with Crippen LogP contribution in [0, 0.1) is 11.8 Å². The van der Waals surface area contributed by atoms with Crippen molar-refractivity contribution in [2.75, 3.05) is 19.6 Å². The van der Waals surface area contributed by atoms with Crippen molar-refractivity contribution in [2.45, 2.75) is 57.2 Å². The molecule has 3 aliphatic rings. The van der Waals surface area contributed by atoms with E-state index < -0.39 is 24.1 Å². The van der Waals surface area contributed by atoms with E-state index in [9.17, 15) is 18.8 Å². The van der Waals surface area contributed by atoms with E-state index in [1.807, 2.05) is 4.90 Å². The van der Waals surface area contributed by atoms with Crippen LogP contribution in [-0.2, 0) is 14.4 Å². The fourth-order valence-corrected chi connectivity index (χ4v) is 4.20. The summed E-state index contributed by atoms with van der Waals surface area (Å²) in [7, 11) is 0. The Kier molecular flexibility index (Phi) is 4.53. The Morgan fingerprint density at radius 2 is 1.92 bits per heavy atom. The molecular formula is C17H25FN2O4. The number of carbonyl (C=O) groups excluding carboxylic acids is 2. The average molecular weight is 340 g/mol. The summed E-state index contributed by atoms with van der Waals surface area (Å²) in [5, 5.41) is 8.94. The molecule has 3 fully saturated rings. The molecule has 2 aliphatic heterocycles. The number of amides is 2. The molecule has 0 aromatic heterocycles. The van der Waals surface area contributed by atoms with Crippen LogP contribution >= 0.6 is 0 Å². The van der Waals surface area contributed by atoms with Crippen LogP contribution in [0.25, 0.3) is 0 Å². The second-order valence-electron chi connectivity index (χ2n) is 7.64. The summed E-state index contributed by atoms with van der Waals surface area (Å²) in [4.78, 5) is 39.0.